The first kappa shape index (κ1) is 12.3. The lowest BCUT2D eigenvalue weighted by Gasteiger charge is -2.04. The van der Waals surface area contributed by atoms with Crippen molar-refractivity contribution < 1.29 is 4.42 Å². The lowest BCUT2D eigenvalue weighted by atomic mass is 10.2. The molecule has 0 saturated carbocycles. The van der Waals surface area contributed by atoms with Crippen molar-refractivity contribution in [2.75, 3.05) is 11.1 Å². The average molecular weight is 285 g/mol. The van der Waals surface area contributed by atoms with Crippen molar-refractivity contribution in [3.63, 3.8) is 0 Å². The minimum absolute atomic E-state index is 0.273. The number of hydrogen-bond acceptors (Lipinski definition) is 5. The Balaban J connectivity index is 2.01. The third kappa shape index (κ3) is 2.13. The Bertz CT molecular complexity index is 835. The number of nitrogens with one attached hydrogen (secondary N) is 1. The summed E-state index contributed by atoms with van der Waals surface area (Å²) in [5, 5.41) is 12.3. The molecule has 98 valence electrons. The number of aromatic nitrogens is 1. The van der Waals surface area contributed by atoms with Crippen LogP contribution in [0.5, 0.6) is 0 Å². The van der Waals surface area contributed by atoms with Crippen LogP contribution >= 0.6 is 11.6 Å². The quantitative estimate of drug-likeness (QED) is 0.701. The number of halogens is 1. The Kier molecular flexibility index (Phi) is 2.93. The van der Waals surface area contributed by atoms with Gasteiger partial charge in [-0.3, -0.25) is 0 Å². The minimum atomic E-state index is 0.273. The molecule has 3 N–H and O–H groups in total. The highest BCUT2D eigenvalue weighted by atomic mass is 35.5. The first-order valence-corrected chi connectivity index (χ1v) is 6.17. The van der Waals surface area contributed by atoms with E-state index in [2.05, 4.69) is 10.3 Å². The van der Waals surface area contributed by atoms with Gasteiger partial charge in [0.25, 0.3) is 6.01 Å². The van der Waals surface area contributed by atoms with E-state index in [4.69, 9.17) is 27.0 Å². The van der Waals surface area contributed by atoms with Gasteiger partial charge < -0.3 is 15.5 Å². The fraction of sp³-hybridized carbons (Fsp3) is 0. The van der Waals surface area contributed by atoms with E-state index in [-0.39, 0.29) is 6.01 Å². The van der Waals surface area contributed by atoms with Crippen molar-refractivity contribution in [3.8, 4) is 6.07 Å². The number of para-hydroxylation sites is 1. The van der Waals surface area contributed by atoms with Crippen molar-refractivity contribution in [2.45, 2.75) is 0 Å². The van der Waals surface area contributed by atoms with Gasteiger partial charge in [-0.25, -0.2) is 0 Å². The van der Waals surface area contributed by atoms with Crippen molar-refractivity contribution in [2.24, 2.45) is 0 Å². The van der Waals surface area contributed by atoms with E-state index in [1.807, 2.05) is 6.07 Å². The number of nitrogens with two attached hydrogens (primary N) is 1. The Morgan fingerprint density at radius 2 is 2.15 bits per heavy atom. The van der Waals surface area contributed by atoms with Gasteiger partial charge in [-0.2, -0.15) is 10.2 Å². The average Bonchev–Trinajstić information content (AvgIpc) is 2.85. The molecule has 3 rings (SSSR count). The number of nitrogen functional groups attached to an aromatic ring is 1. The van der Waals surface area contributed by atoms with Gasteiger partial charge in [-0.05, 0) is 30.3 Å². The Morgan fingerprint density at radius 3 is 2.90 bits per heavy atom. The van der Waals surface area contributed by atoms with Gasteiger partial charge in [-0.15, -0.1) is 0 Å². The second-order valence-corrected chi connectivity index (χ2v) is 4.55. The number of anilines is 3. The molecule has 3 aromatic rings. The monoisotopic (exact) mass is 284 g/mol. The maximum Gasteiger partial charge on any atom is 0.300 e. The molecule has 0 aliphatic rings. The first-order chi connectivity index (χ1) is 9.67. The molecule has 0 radical (unpaired) electrons. The van der Waals surface area contributed by atoms with Crippen LogP contribution < -0.4 is 11.1 Å². The zero-order valence-electron chi connectivity index (χ0n) is 10.2. The molecule has 2 aromatic carbocycles. The van der Waals surface area contributed by atoms with E-state index in [1.54, 1.807) is 36.4 Å². The van der Waals surface area contributed by atoms with Crippen molar-refractivity contribution in [3.05, 3.63) is 47.0 Å². The predicted molar refractivity (Wildman–Crippen MR) is 77.9 cm³/mol. The van der Waals surface area contributed by atoms with E-state index in [0.717, 1.165) is 0 Å². The summed E-state index contributed by atoms with van der Waals surface area (Å²) < 4.78 is 5.54. The van der Waals surface area contributed by atoms with Gasteiger partial charge in [0.1, 0.15) is 5.52 Å². The van der Waals surface area contributed by atoms with Gasteiger partial charge >= 0.3 is 0 Å². The number of rotatable bonds is 2. The molecule has 0 aliphatic heterocycles. The van der Waals surface area contributed by atoms with Crippen LogP contribution in [0.2, 0.25) is 5.02 Å². The summed E-state index contributed by atoms with van der Waals surface area (Å²) >= 11 is 6.07. The van der Waals surface area contributed by atoms with Crippen LogP contribution in [0.25, 0.3) is 11.1 Å². The molecule has 20 heavy (non-hydrogen) atoms. The molecule has 5 nitrogen and oxygen atoms in total. The molecule has 1 aromatic heterocycles. The minimum Gasteiger partial charge on any atom is -0.423 e. The van der Waals surface area contributed by atoms with Crippen LogP contribution in [0.4, 0.5) is 17.4 Å². The largest absolute Gasteiger partial charge is 0.423 e. The Morgan fingerprint density at radius 1 is 1.30 bits per heavy atom. The number of nitrogens with zero attached hydrogens (tertiary/aromatic N) is 2. The molecule has 0 bridgehead atoms. The van der Waals surface area contributed by atoms with E-state index in [0.29, 0.717) is 33.1 Å². The first-order valence-electron chi connectivity index (χ1n) is 5.79. The normalized spacial score (nSPS) is 10.4. The second kappa shape index (κ2) is 4.76. The number of oxazole rings is 1. The molecule has 0 fully saturated rings. The molecule has 0 unspecified atom stereocenters. The molecule has 6 heteroatoms. The van der Waals surface area contributed by atoms with Crippen LogP contribution in [0.3, 0.4) is 0 Å². The number of nitriles is 1. The van der Waals surface area contributed by atoms with E-state index in [1.165, 1.54) is 0 Å². The summed E-state index contributed by atoms with van der Waals surface area (Å²) in [6, 6.07) is 12.5. The van der Waals surface area contributed by atoms with Crippen molar-refractivity contribution in [1.82, 2.24) is 4.98 Å². The number of benzene rings is 2. The maximum absolute atomic E-state index is 8.89. The number of fused-ring (bicyclic) bond motifs is 1. The summed E-state index contributed by atoms with van der Waals surface area (Å²) in [5.74, 6) is 0. The third-order valence-corrected chi connectivity index (χ3v) is 3.12. The summed E-state index contributed by atoms with van der Waals surface area (Å²) in [4.78, 5) is 4.26. The predicted octanol–water partition coefficient (Wildman–Crippen LogP) is 3.68. The topological polar surface area (TPSA) is 87.9 Å². The Hall–Kier alpha value is -2.71. The fourth-order valence-corrected chi connectivity index (χ4v) is 1.99. The molecule has 0 aliphatic carbocycles. The van der Waals surface area contributed by atoms with E-state index >= 15 is 0 Å². The zero-order chi connectivity index (χ0) is 14.1. The highest BCUT2D eigenvalue weighted by Gasteiger charge is 2.10. The summed E-state index contributed by atoms with van der Waals surface area (Å²) in [7, 11) is 0. The molecule has 0 amide bonds. The smallest absolute Gasteiger partial charge is 0.300 e. The summed E-state index contributed by atoms with van der Waals surface area (Å²) in [6.45, 7) is 0. The van der Waals surface area contributed by atoms with E-state index < -0.39 is 0 Å². The van der Waals surface area contributed by atoms with Crippen LogP contribution in [-0.4, -0.2) is 4.98 Å². The number of hydrogen-bond donors (Lipinski definition) is 2. The zero-order valence-corrected chi connectivity index (χ0v) is 11.0. The standard InChI is InChI=1S/C14H9ClN4O/c15-9-5-4-8(7-16)6-11(9)18-14-19-13-10(17)2-1-3-12(13)20-14/h1-6H,17H2,(H,18,19). The summed E-state index contributed by atoms with van der Waals surface area (Å²) in [5.41, 5.74) is 8.57. The van der Waals surface area contributed by atoms with Gasteiger partial charge in [0.05, 0.1) is 28.0 Å². The van der Waals surface area contributed by atoms with Gasteiger partial charge in [0.15, 0.2) is 5.58 Å². The van der Waals surface area contributed by atoms with Crippen LogP contribution in [0.1, 0.15) is 5.56 Å². The van der Waals surface area contributed by atoms with Crippen molar-refractivity contribution in [1.29, 1.82) is 5.26 Å². The van der Waals surface area contributed by atoms with Crippen LogP contribution in [0, 0.1) is 11.3 Å². The molecular weight excluding hydrogens is 276 g/mol. The highest BCUT2D eigenvalue weighted by Crippen LogP contribution is 2.29. The highest BCUT2D eigenvalue weighted by molar-refractivity contribution is 6.33. The Labute approximate surface area is 119 Å². The molecule has 0 atom stereocenters. The van der Waals surface area contributed by atoms with Gasteiger partial charge in [-0.1, -0.05) is 17.7 Å². The molecular formula is C14H9ClN4O. The molecule has 0 spiro atoms. The maximum atomic E-state index is 8.89. The molecule has 1 heterocycles. The SMILES string of the molecule is N#Cc1ccc(Cl)c(Nc2nc3c(N)cccc3o2)c1. The lowest BCUT2D eigenvalue weighted by molar-refractivity contribution is 0.623. The summed E-state index contributed by atoms with van der Waals surface area (Å²) in [6.07, 6.45) is 0. The van der Waals surface area contributed by atoms with Crippen LogP contribution in [0.15, 0.2) is 40.8 Å². The van der Waals surface area contributed by atoms with Gasteiger partial charge in [0.2, 0.25) is 0 Å². The fourth-order valence-electron chi connectivity index (χ4n) is 1.83. The second-order valence-electron chi connectivity index (χ2n) is 4.14. The van der Waals surface area contributed by atoms with Gasteiger partial charge in [0, 0.05) is 0 Å². The van der Waals surface area contributed by atoms with E-state index in [9.17, 15) is 0 Å². The van der Waals surface area contributed by atoms with Crippen LogP contribution in [-0.2, 0) is 0 Å². The lowest BCUT2D eigenvalue weighted by Crippen LogP contribution is -1.92. The third-order valence-electron chi connectivity index (χ3n) is 2.79. The molecule has 0 saturated heterocycles. The van der Waals surface area contributed by atoms with Crippen molar-refractivity contribution >= 4 is 40.1 Å².